The summed E-state index contributed by atoms with van der Waals surface area (Å²) >= 11 is 0. The Bertz CT molecular complexity index is 1440. The highest BCUT2D eigenvalue weighted by atomic mass is 16.2. The summed E-state index contributed by atoms with van der Waals surface area (Å²) in [6.07, 6.45) is 0. The van der Waals surface area contributed by atoms with Crippen LogP contribution in [0.25, 0.3) is 21.8 Å². The van der Waals surface area contributed by atoms with Gasteiger partial charge in [0.2, 0.25) is 23.1 Å². The van der Waals surface area contributed by atoms with Gasteiger partial charge in [0.15, 0.2) is 0 Å². The molecule has 152 valence electrons. The Morgan fingerprint density at radius 3 is 1.28 bits per heavy atom. The Balaban J connectivity index is 1.70. The number of hydrogen-bond acceptors (Lipinski definition) is 6. The van der Waals surface area contributed by atoms with Crippen LogP contribution < -0.4 is 0 Å². The van der Waals surface area contributed by atoms with Gasteiger partial charge in [0.1, 0.15) is 35.4 Å². The molecule has 5 rings (SSSR count). The molecule has 2 aromatic heterocycles. The predicted octanol–water partition coefficient (Wildman–Crippen LogP) is 2.55. The van der Waals surface area contributed by atoms with Crippen LogP contribution in [-0.2, 0) is 19.2 Å². The van der Waals surface area contributed by atoms with E-state index in [0.717, 1.165) is 0 Å². The minimum absolute atomic E-state index is 0.0256. The number of rotatable bonds is 2. The molecule has 1 aliphatic carbocycles. The van der Waals surface area contributed by atoms with Crippen LogP contribution in [0, 0.1) is 22.7 Å². The maximum absolute atomic E-state index is 13.2. The molecule has 8 nitrogen and oxygen atoms in total. The van der Waals surface area contributed by atoms with Crippen molar-refractivity contribution >= 4 is 44.9 Å². The number of para-hydroxylation sites is 2. The van der Waals surface area contributed by atoms with Crippen LogP contribution in [0.1, 0.15) is 34.4 Å². The molecule has 32 heavy (non-hydrogen) atoms. The van der Waals surface area contributed by atoms with E-state index in [1.807, 2.05) is 12.1 Å². The second-order valence-corrected chi connectivity index (χ2v) is 7.47. The minimum Gasteiger partial charge on any atom is -0.346 e. The van der Waals surface area contributed by atoms with Gasteiger partial charge in [-0.3, -0.25) is 19.2 Å². The van der Waals surface area contributed by atoms with Gasteiger partial charge in [-0.05, 0) is 12.1 Å². The zero-order valence-electron chi connectivity index (χ0n) is 16.3. The topological polar surface area (TPSA) is 147 Å². The van der Waals surface area contributed by atoms with Crippen LogP contribution in [0.5, 0.6) is 0 Å². The molecule has 0 saturated heterocycles. The Kier molecular flexibility index (Phi) is 4.11. The normalized spacial score (nSPS) is 18.8. The molecule has 0 bridgehead atoms. The molecular weight excluding hydrogens is 408 g/mol. The predicted molar refractivity (Wildman–Crippen MR) is 112 cm³/mol. The maximum atomic E-state index is 13.2. The number of benzene rings is 2. The standard InChI is InChI=1S/C24H12N4O4/c25-9-15-17(11-5-1-3-7-13(11)27-15)19-21(29)23(31)20(24(32)22(19)30)18-12-6-2-4-8-14(12)28-16(18)10-26/h1-8,19-20,27-28H. The average molecular weight is 420 g/mol. The Hall–Kier alpha value is -4.82. The van der Waals surface area contributed by atoms with Crippen molar-refractivity contribution in [2.75, 3.05) is 0 Å². The first-order valence-electron chi connectivity index (χ1n) is 9.65. The number of nitriles is 2. The van der Waals surface area contributed by atoms with Crippen molar-refractivity contribution in [2.24, 2.45) is 0 Å². The number of hydrogen-bond donors (Lipinski definition) is 2. The van der Waals surface area contributed by atoms with E-state index >= 15 is 0 Å². The molecule has 1 saturated carbocycles. The van der Waals surface area contributed by atoms with Gasteiger partial charge in [0.25, 0.3) is 0 Å². The Morgan fingerprint density at radius 2 is 0.938 bits per heavy atom. The molecule has 2 N–H and O–H groups in total. The molecule has 0 aliphatic heterocycles. The maximum Gasteiger partial charge on any atom is 0.215 e. The van der Waals surface area contributed by atoms with E-state index in [-0.39, 0.29) is 22.5 Å². The first-order valence-corrected chi connectivity index (χ1v) is 9.65. The summed E-state index contributed by atoms with van der Waals surface area (Å²) in [6.45, 7) is 0. The highest BCUT2D eigenvalue weighted by molar-refractivity contribution is 6.64. The van der Waals surface area contributed by atoms with E-state index in [1.165, 1.54) is 0 Å². The number of H-pyrrole nitrogens is 2. The van der Waals surface area contributed by atoms with E-state index in [9.17, 15) is 29.7 Å². The number of aromatic nitrogens is 2. The lowest BCUT2D eigenvalue weighted by Crippen LogP contribution is -2.46. The van der Waals surface area contributed by atoms with Gasteiger partial charge in [-0.2, -0.15) is 10.5 Å². The molecule has 2 heterocycles. The van der Waals surface area contributed by atoms with Gasteiger partial charge in [-0.25, -0.2) is 0 Å². The third-order valence-electron chi connectivity index (χ3n) is 5.83. The number of fused-ring (bicyclic) bond motifs is 2. The SMILES string of the molecule is N#Cc1[nH]c2ccccc2c1C1C(=O)C(=O)C(c2c(C#N)[nH]c3ccccc23)C(=O)C1=O. The lowest BCUT2D eigenvalue weighted by atomic mass is 9.71. The quantitative estimate of drug-likeness (QED) is 0.376. The first-order chi connectivity index (χ1) is 15.5. The monoisotopic (exact) mass is 420 g/mol. The zero-order valence-corrected chi connectivity index (χ0v) is 16.3. The van der Waals surface area contributed by atoms with Crippen molar-refractivity contribution in [3.05, 3.63) is 71.0 Å². The van der Waals surface area contributed by atoms with Crippen molar-refractivity contribution in [1.29, 1.82) is 10.5 Å². The van der Waals surface area contributed by atoms with Crippen molar-refractivity contribution in [3.63, 3.8) is 0 Å². The largest absolute Gasteiger partial charge is 0.346 e. The fourth-order valence-electron chi connectivity index (χ4n) is 4.43. The third kappa shape index (κ3) is 2.47. The molecule has 0 amide bonds. The second kappa shape index (κ2) is 6.86. The fourth-order valence-corrected chi connectivity index (χ4v) is 4.43. The van der Waals surface area contributed by atoms with Crippen LogP contribution in [0.15, 0.2) is 48.5 Å². The van der Waals surface area contributed by atoms with Gasteiger partial charge in [0.05, 0.1) is 0 Å². The van der Waals surface area contributed by atoms with E-state index in [2.05, 4.69) is 9.97 Å². The summed E-state index contributed by atoms with van der Waals surface area (Å²) in [5.41, 5.74) is 0.953. The third-order valence-corrected chi connectivity index (χ3v) is 5.83. The van der Waals surface area contributed by atoms with Crippen LogP contribution in [0.2, 0.25) is 0 Å². The number of aromatic amines is 2. The number of Topliss-reactive ketones (excluding diaryl/α,β-unsaturated/α-hetero) is 4. The van der Waals surface area contributed by atoms with E-state index in [4.69, 9.17) is 0 Å². The highest BCUT2D eigenvalue weighted by Gasteiger charge is 2.52. The molecule has 1 fully saturated rings. The zero-order chi connectivity index (χ0) is 22.6. The molecule has 1 aliphatic rings. The van der Waals surface area contributed by atoms with Gasteiger partial charge in [0, 0.05) is 32.9 Å². The van der Waals surface area contributed by atoms with Gasteiger partial charge < -0.3 is 9.97 Å². The number of carbonyl (C=O) groups is 4. The number of ketones is 4. The summed E-state index contributed by atoms with van der Waals surface area (Å²) in [5, 5.41) is 19.9. The van der Waals surface area contributed by atoms with Gasteiger partial charge >= 0.3 is 0 Å². The van der Waals surface area contributed by atoms with Crippen molar-refractivity contribution in [3.8, 4) is 12.1 Å². The second-order valence-electron chi connectivity index (χ2n) is 7.47. The summed E-state index contributed by atoms with van der Waals surface area (Å²) in [7, 11) is 0. The van der Waals surface area contributed by atoms with E-state index in [1.54, 1.807) is 48.5 Å². The fraction of sp³-hybridized carbons (Fsp3) is 0.0833. The summed E-state index contributed by atoms with van der Waals surface area (Å²) in [6, 6.07) is 17.1. The van der Waals surface area contributed by atoms with Crippen LogP contribution >= 0.6 is 0 Å². The molecular formula is C24H12N4O4. The Morgan fingerprint density at radius 1 is 0.594 bits per heavy atom. The number of nitrogens with one attached hydrogen (secondary N) is 2. The number of nitrogens with zero attached hydrogens (tertiary/aromatic N) is 2. The molecule has 0 spiro atoms. The summed E-state index contributed by atoms with van der Waals surface area (Å²) in [4.78, 5) is 58.4. The van der Waals surface area contributed by atoms with Crippen LogP contribution in [-0.4, -0.2) is 33.1 Å². The van der Waals surface area contributed by atoms with Gasteiger partial charge in [-0.15, -0.1) is 0 Å². The number of carbonyl (C=O) groups excluding carboxylic acids is 4. The highest BCUT2D eigenvalue weighted by Crippen LogP contribution is 2.39. The smallest absolute Gasteiger partial charge is 0.215 e. The van der Waals surface area contributed by atoms with Crippen molar-refractivity contribution < 1.29 is 19.2 Å². The van der Waals surface area contributed by atoms with Crippen molar-refractivity contribution in [1.82, 2.24) is 9.97 Å². The molecule has 8 heteroatoms. The van der Waals surface area contributed by atoms with E-state index in [0.29, 0.717) is 21.8 Å². The summed E-state index contributed by atoms with van der Waals surface area (Å²) < 4.78 is 0. The van der Waals surface area contributed by atoms with Crippen LogP contribution in [0.4, 0.5) is 0 Å². The summed E-state index contributed by atoms with van der Waals surface area (Å²) in [5.74, 6) is -7.70. The molecule has 0 unspecified atom stereocenters. The molecule has 0 atom stereocenters. The lowest BCUT2D eigenvalue weighted by Gasteiger charge is -2.24. The Labute approximate surface area is 180 Å². The molecule has 4 aromatic rings. The first kappa shape index (κ1) is 19.2. The lowest BCUT2D eigenvalue weighted by molar-refractivity contribution is -0.150. The molecule has 2 aromatic carbocycles. The van der Waals surface area contributed by atoms with E-state index < -0.39 is 35.0 Å². The minimum atomic E-state index is -1.70. The van der Waals surface area contributed by atoms with Crippen molar-refractivity contribution in [2.45, 2.75) is 11.8 Å². The van der Waals surface area contributed by atoms with Gasteiger partial charge in [-0.1, -0.05) is 36.4 Å². The van der Waals surface area contributed by atoms with Crippen LogP contribution in [0.3, 0.4) is 0 Å². The average Bonchev–Trinajstić information content (AvgIpc) is 3.37. The molecule has 0 radical (unpaired) electrons.